The van der Waals surface area contributed by atoms with Gasteiger partial charge in [-0.1, -0.05) is 23.7 Å². The lowest BCUT2D eigenvalue weighted by Gasteiger charge is -2.15. The lowest BCUT2D eigenvalue weighted by molar-refractivity contribution is 0.390. The van der Waals surface area contributed by atoms with Crippen LogP contribution in [-0.4, -0.2) is 14.2 Å². The molecule has 1 unspecified atom stereocenters. The van der Waals surface area contributed by atoms with Crippen LogP contribution < -0.4 is 15.2 Å². The second-order valence-corrected chi connectivity index (χ2v) is 5.89. The molecule has 0 aliphatic carbocycles. The van der Waals surface area contributed by atoms with Crippen LogP contribution in [0.25, 0.3) is 11.1 Å². The summed E-state index contributed by atoms with van der Waals surface area (Å²) in [5.41, 5.74) is 8.71. The first-order valence-electron chi connectivity index (χ1n) is 6.45. The van der Waals surface area contributed by atoms with E-state index >= 15 is 0 Å². The normalized spacial score (nSPS) is 12.1. The van der Waals surface area contributed by atoms with E-state index in [0.717, 1.165) is 21.2 Å². The second-order valence-electron chi connectivity index (χ2n) is 4.69. The van der Waals surface area contributed by atoms with Crippen LogP contribution in [0.4, 0.5) is 0 Å². The first kappa shape index (κ1) is 16.1. The van der Waals surface area contributed by atoms with Gasteiger partial charge in [0.25, 0.3) is 0 Å². The van der Waals surface area contributed by atoms with Gasteiger partial charge in [-0.05, 0) is 52.2 Å². The Morgan fingerprint density at radius 3 is 2.38 bits per heavy atom. The third-order valence-electron chi connectivity index (χ3n) is 3.29. The van der Waals surface area contributed by atoms with Crippen LogP contribution in [-0.2, 0) is 0 Å². The van der Waals surface area contributed by atoms with Crippen molar-refractivity contribution in [2.24, 2.45) is 5.73 Å². The van der Waals surface area contributed by atoms with Crippen LogP contribution in [0.2, 0.25) is 5.02 Å². The lowest BCUT2D eigenvalue weighted by atomic mass is 10.0. The number of halogens is 2. The Kier molecular flexibility index (Phi) is 5.14. The molecular weight excluding hydrogens is 354 g/mol. The number of ether oxygens (including phenoxy) is 2. The maximum atomic E-state index is 6.31. The van der Waals surface area contributed by atoms with Gasteiger partial charge in [0.05, 0.1) is 14.2 Å². The van der Waals surface area contributed by atoms with E-state index in [0.29, 0.717) is 16.5 Å². The Morgan fingerprint density at radius 1 is 1.14 bits per heavy atom. The summed E-state index contributed by atoms with van der Waals surface area (Å²) in [7, 11) is 3.24. The van der Waals surface area contributed by atoms with Crippen LogP contribution in [0.3, 0.4) is 0 Å². The largest absolute Gasteiger partial charge is 0.495 e. The molecule has 0 fully saturated rings. The number of benzene rings is 2. The van der Waals surface area contributed by atoms with Crippen molar-refractivity contribution in [2.75, 3.05) is 14.2 Å². The van der Waals surface area contributed by atoms with E-state index in [9.17, 15) is 0 Å². The summed E-state index contributed by atoms with van der Waals surface area (Å²) < 4.78 is 11.6. The maximum Gasteiger partial charge on any atom is 0.144 e. The van der Waals surface area contributed by atoms with Gasteiger partial charge in [0, 0.05) is 16.6 Å². The summed E-state index contributed by atoms with van der Waals surface area (Å²) in [6.07, 6.45) is 0. The molecule has 0 aromatic heterocycles. The first-order chi connectivity index (χ1) is 9.99. The molecule has 0 amide bonds. The molecule has 2 aromatic rings. The fourth-order valence-corrected chi connectivity index (χ4v) is 3.21. The molecule has 5 heteroatoms. The van der Waals surface area contributed by atoms with Crippen molar-refractivity contribution < 1.29 is 9.47 Å². The van der Waals surface area contributed by atoms with E-state index in [2.05, 4.69) is 15.9 Å². The Morgan fingerprint density at radius 2 is 1.86 bits per heavy atom. The van der Waals surface area contributed by atoms with Gasteiger partial charge in [0.2, 0.25) is 0 Å². The molecule has 3 nitrogen and oxygen atoms in total. The molecule has 2 N–H and O–H groups in total. The first-order valence-corrected chi connectivity index (χ1v) is 7.62. The minimum atomic E-state index is -0.101. The highest BCUT2D eigenvalue weighted by atomic mass is 79.9. The molecule has 2 rings (SSSR count). The molecule has 0 saturated carbocycles. The number of rotatable bonds is 4. The van der Waals surface area contributed by atoms with Crippen LogP contribution >= 0.6 is 27.5 Å². The summed E-state index contributed by atoms with van der Waals surface area (Å²) in [4.78, 5) is 0. The van der Waals surface area contributed by atoms with Crippen molar-refractivity contribution >= 4 is 27.5 Å². The van der Waals surface area contributed by atoms with Gasteiger partial charge in [-0.2, -0.15) is 0 Å². The van der Waals surface area contributed by atoms with Crippen LogP contribution in [0.5, 0.6) is 11.5 Å². The fourth-order valence-electron chi connectivity index (χ4n) is 2.19. The third-order valence-corrected chi connectivity index (χ3v) is 4.37. The predicted octanol–water partition coefficient (Wildman–Crippen LogP) is 4.81. The molecule has 0 saturated heterocycles. The SMILES string of the molecule is COc1ccc(-c2ccc(C(C)N)c(Cl)c2)c(OC)c1Br. The minimum Gasteiger partial charge on any atom is -0.495 e. The van der Waals surface area contributed by atoms with Crippen molar-refractivity contribution in [2.45, 2.75) is 13.0 Å². The average molecular weight is 371 g/mol. The van der Waals surface area contributed by atoms with E-state index in [-0.39, 0.29) is 6.04 Å². The Hall–Kier alpha value is -1.23. The standard InChI is InChI=1S/C16H17BrClNO2/c1-9(19)11-5-4-10(8-13(11)18)12-6-7-14(20-2)15(17)16(12)21-3/h4-9H,19H2,1-3H3. The summed E-state index contributed by atoms with van der Waals surface area (Å²) >= 11 is 9.81. The molecule has 112 valence electrons. The zero-order valence-electron chi connectivity index (χ0n) is 12.1. The highest BCUT2D eigenvalue weighted by Crippen LogP contribution is 2.42. The van der Waals surface area contributed by atoms with E-state index in [4.69, 9.17) is 26.8 Å². The topological polar surface area (TPSA) is 44.5 Å². The monoisotopic (exact) mass is 369 g/mol. The molecule has 0 spiro atoms. The fraction of sp³-hybridized carbons (Fsp3) is 0.250. The average Bonchev–Trinajstić information content (AvgIpc) is 2.46. The summed E-state index contributed by atoms with van der Waals surface area (Å²) in [6.45, 7) is 1.91. The molecule has 0 aliphatic heterocycles. The molecular formula is C16H17BrClNO2. The van der Waals surface area contributed by atoms with Crippen molar-refractivity contribution in [1.29, 1.82) is 0 Å². The quantitative estimate of drug-likeness (QED) is 0.840. The van der Waals surface area contributed by atoms with E-state index < -0.39 is 0 Å². The van der Waals surface area contributed by atoms with Gasteiger partial charge >= 0.3 is 0 Å². The highest BCUT2D eigenvalue weighted by molar-refractivity contribution is 9.10. The Balaban J connectivity index is 2.57. The van der Waals surface area contributed by atoms with Gasteiger partial charge in [0.1, 0.15) is 16.0 Å². The highest BCUT2D eigenvalue weighted by Gasteiger charge is 2.15. The van der Waals surface area contributed by atoms with Crippen molar-refractivity contribution in [1.82, 2.24) is 0 Å². The van der Waals surface area contributed by atoms with Crippen LogP contribution in [0.15, 0.2) is 34.8 Å². The van der Waals surface area contributed by atoms with Crippen LogP contribution in [0, 0.1) is 0 Å². The summed E-state index contributed by atoms with van der Waals surface area (Å²) in [6, 6.07) is 9.56. The van der Waals surface area contributed by atoms with Gasteiger partial charge in [0.15, 0.2) is 0 Å². The molecule has 0 aliphatic rings. The number of methoxy groups -OCH3 is 2. The van der Waals surface area contributed by atoms with Gasteiger partial charge in [-0.15, -0.1) is 0 Å². The third kappa shape index (κ3) is 3.18. The molecule has 21 heavy (non-hydrogen) atoms. The smallest absolute Gasteiger partial charge is 0.144 e. The number of hydrogen-bond donors (Lipinski definition) is 1. The van der Waals surface area contributed by atoms with Crippen LogP contribution in [0.1, 0.15) is 18.5 Å². The number of hydrogen-bond acceptors (Lipinski definition) is 3. The molecule has 0 radical (unpaired) electrons. The Labute approximate surface area is 138 Å². The number of nitrogens with two attached hydrogens (primary N) is 1. The van der Waals surface area contributed by atoms with Crippen molar-refractivity contribution in [3.63, 3.8) is 0 Å². The predicted molar refractivity (Wildman–Crippen MR) is 90.3 cm³/mol. The summed E-state index contributed by atoms with van der Waals surface area (Å²) in [5.74, 6) is 1.42. The van der Waals surface area contributed by atoms with Gasteiger partial charge in [-0.25, -0.2) is 0 Å². The van der Waals surface area contributed by atoms with Gasteiger partial charge < -0.3 is 15.2 Å². The second kappa shape index (κ2) is 6.69. The van der Waals surface area contributed by atoms with Crippen molar-refractivity contribution in [3.8, 4) is 22.6 Å². The van der Waals surface area contributed by atoms with E-state index in [1.54, 1.807) is 14.2 Å². The van der Waals surface area contributed by atoms with E-state index in [1.165, 1.54) is 0 Å². The zero-order chi connectivity index (χ0) is 15.6. The molecule has 0 bridgehead atoms. The summed E-state index contributed by atoms with van der Waals surface area (Å²) in [5, 5.41) is 0.650. The van der Waals surface area contributed by atoms with Gasteiger partial charge in [-0.3, -0.25) is 0 Å². The van der Waals surface area contributed by atoms with Crippen molar-refractivity contribution in [3.05, 3.63) is 45.4 Å². The Bertz CT molecular complexity index is 659. The lowest BCUT2D eigenvalue weighted by Crippen LogP contribution is -2.05. The molecule has 0 heterocycles. The molecule has 2 aromatic carbocycles. The zero-order valence-corrected chi connectivity index (χ0v) is 14.5. The molecule has 1 atom stereocenters. The van der Waals surface area contributed by atoms with E-state index in [1.807, 2.05) is 37.3 Å². The maximum absolute atomic E-state index is 6.31. The minimum absolute atomic E-state index is 0.101.